The molecule has 7 heteroatoms. The highest BCUT2D eigenvalue weighted by Gasteiger charge is 2.60. The minimum Gasteiger partial charge on any atom is -0.368 e. The first-order valence-electron chi connectivity index (χ1n) is 5.93. The summed E-state index contributed by atoms with van der Waals surface area (Å²) < 4.78 is 5.90. The van der Waals surface area contributed by atoms with E-state index in [2.05, 4.69) is 15.3 Å². The summed E-state index contributed by atoms with van der Waals surface area (Å²) in [5.41, 5.74) is 11.7. The molecule has 3 N–H and O–H groups in total. The van der Waals surface area contributed by atoms with E-state index < -0.39 is 22.6 Å². The second kappa shape index (κ2) is 4.76. The zero-order chi connectivity index (χ0) is 14.0. The second-order valence-electron chi connectivity index (χ2n) is 5.70. The van der Waals surface area contributed by atoms with Gasteiger partial charge >= 0.3 is 0 Å². The first-order chi connectivity index (χ1) is 8.17. The van der Waals surface area contributed by atoms with Gasteiger partial charge in [-0.1, -0.05) is 5.11 Å². The highest BCUT2D eigenvalue weighted by Crippen LogP contribution is 2.44. The quantitative estimate of drug-likeness (QED) is 0.331. The van der Waals surface area contributed by atoms with Crippen LogP contribution in [0.2, 0.25) is 0 Å². The van der Waals surface area contributed by atoms with Crippen molar-refractivity contribution in [2.24, 2.45) is 10.8 Å². The third-order valence-corrected chi connectivity index (χ3v) is 3.37. The van der Waals surface area contributed by atoms with Crippen molar-refractivity contribution < 1.29 is 9.53 Å². The van der Waals surface area contributed by atoms with Crippen LogP contribution in [-0.4, -0.2) is 35.7 Å². The molecule has 0 spiro atoms. The Morgan fingerprint density at radius 3 is 2.50 bits per heavy atom. The van der Waals surface area contributed by atoms with Crippen molar-refractivity contribution in [1.29, 1.82) is 0 Å². The van der Waals surface area contributed by atoms with Crippen molar-refractivity contribution >= 4 is 5.91 Å². The average Bonchev–Trinajstić information content (AvgIpc) is 2.39. The van der Waals surface area contributed by atoms with Gasteiger partial charge in [-0.3, -0.25) is 4.79 Å². The van der Waals surface area contributed by atoms with Gasteiger partial charge in [0.2, 0.25) is 5.91 Å². The van der Waals surface area contributed by atoms with Gasteiger partial charge in [-0.15, -0.1) is 0 Å². The van der Waals surface area contributed by atoms with Crippen LogP contribution in [-0.2, 0) is 9.53 Å². The maximum absolute atomic E-state index is 11.9. The number of carbonyl (C=O) groups is 1. The predicted octanol–water partition coefficient (Wildman–Crippen LogP) is 1.09. The molecule has 0 aliphatic carbocycles. The first-order valence-corrected chi connectivity index (χ1v) is 5.93. The van der Waals surface area contributed by atoms with Crippen LogP contribution in [0, 0.1) is 0 Å². The first kappa shape index (κ1) is 14.8. The van der Waals surface area contributed by atoms with Crippen molar-refractivity contribution in [3.8, 4) is 0 Å². The number of primary amides is 1. The normalized spacial score (nSPS) is 28.7. The van der Waals surface area contributed by atoms with Gasteiger partial charge in [0.1, 0.15) is 5.54 Å². The van der Waals surface area contributed by atoms with Crippen molar-refractivity contribution in [3.05, 3.63) is 10.4 Å². The molecule has 1 fully saturated rings. The van der Waals surface area contributed by atoms with E-state index in [0.717, 1.165) is 0 Å². The van der Waals surface area contributed by atoms with Crippen molar-refractivity contribution in [2.75, 3.05) is 13.1 Å². The van der Waals surface area contributed by atoms with E-state index in [0.29, 0.717) is 13.0 Å². The van der Waals surface area contributed by atoms with Crippen molar-refractivity contribution in [2.45, 2.75) is 50.9 Å². The molecule has 0 aromatic carbocycles. The molecular weight excluding hydrogens is 234 g/mol. The van der Waals surface area contributed by atoms with E-state index in [9.17, 15) is 4.79 Å². The van der Waals surface area contributed by atoms with Gasteiger partial charge in [0.05, 0.1) is 11.2 Å². The lowest BCUT2D eigenvalue weighted by atomic mass is 9.78. The standard InChI is InChI=1S/C11H21N5O2/c1-9(2)7-11(8(12)17,10(3,4)18-9)14-5-6-15-16-13/h14H,5-7H2,1-4H3,(H2,12,17). The number of nitrogens with zero attached hydrogens (tertiary/aromatic N) is 3. The molecule has 7 nitrogen and oxygen atoms in total. The zero-order valence-electron chi connectivity index (χ0n) is 11.4. The third-order valence-electron chi connectivity index (χ3n) is 3.37. The summed E-state index contributed by atoms with van der Waals surface area (Å²) in [4.78, 5) is 14.5. The van der Waals surface area contributed by atoms with Crippen LogP contribution in [0.25, 0.3) is 10.4 Å². The van der Waals surface area contributed by atoms with E-state index in [-0.39, 0.29) is 6.54 Å². The highest BCUT2D eigenvalue weighted by atomic mass is 16.5. The lowest BCUT2D eigenvalue weighted by molar-refractivity contribution is -0.133. The zero-order valence-corrected chi connectivity index (χ0v) is 11.4. The molecule has 1 atom stereocenters. The minimum atomic E-state index is -0.943. The molecule has 1 aliphatic heterocycles. The summed E-state index contributed by atoms with van der Waals surface area (Å²) >= 11 is 0. The Hall–Kier alpha value is -1.30. The maximum Gasteiger partial charge on any atom is 0.240 e. The number of rotatable bonds is 5. The number of hydrogen-bond donors (Lipinski definition) is 2. The van der Waals surface area contributed by atoms with E-state index in [1.54, 1.807) is 0 Å². The number of ether oxygens (including phenoxy) is 1. The minimum absolute atomic E-state index is 0.266. The smallest absolute Gasteiger partial charge is 0.240 e. The molecule has 0 aromatic rings. The molecular formula is C11H21N5O2. The molecule has 0 aromatic heterocycles. The van der Waals surface area contributed by atoms with Crippen LogP contribution < -0.4 is 11.1 Å². The van der Waals surface area contributed by atoms with Crippen LogP contribution in [0.1, 0.15) is 34.1 Å². The van der Waals surface area contributed by atoms with E-state index >= 15 is 0 Å². The van der Waals surface area contributed by atoms with Gasteiger partial charge in [-0.25, -0.2) is 0 Å². The Morgan fingerprint density at radius 2 is 2.11 bits per heavy atom. The van der Waals surface area contributed by atoms with Crippen LogP contribution in [0.3, 0.4) is 0 Å². The Bertz CT molecular complexity index is 387. The Labute approximate surface area is 107 Å². The molecule has 0 saturated carbocycles. The van der Waals surface area contributed by atoms with Crippen LogP contribution in [0.15, 0.2) is 5.11 Å². The average molecular weight is 255 g/mol. The fraction of sp³-hybridized carbons (Fsp3) is 0.909. The van der Waals surface area contributed by atoms with Gasteiger partial charge in [0.25, 0.3) is 0 Å². The number of hydrogen-bond acceptors (Lipinski definition) is 4. The molecule has 1 rings (SSSR count). The van der Waals surface area contributed by atoms with Gasteiger partial charge in [0.15, 0.2) is 0 Å². The summed E-state index contributed by atoms with van der Waals surface area (Å²) in [6.45, 7) is 8.18. The highest BCUT2D eigenvalue weighted by molar-refractivity contribution is 5.87. The van der Waals surface area contributed by atoms with Gasteiger partial charge in [-0.05, 0) is 33.2 Å². The van der Waals surface area contributed by atoms with E-state index in [1.165, 1.54) is 0 Å². The molecule has 18 heavy (non-hydrogen) atoms. The predicted molar refractivity (Wildman–Crippen MR) is 67.8 cm³/mol. The van der Waals surface area contributed by atoms with Crippen LogP contribution >= 0.6 is 0 Å². The largest absolute Gasteiger partial charge is 0.368 e. The lowest BCUT2D eigenvalue weighted by Crippen LogP contribution is -2.65. The second-order valence-corrected chi connectivity index (χ2v) is 5.70. The number of nitrogens with two attached hydrogens (primary N) is 1. The Balaban J connectivity index is 2.93. The molecule has 1 amide bonds. The van der Waals surface area contributed by atoms with E-state index in [1.807, 2.05) is 27.7 Å². The summed E-state index contributed by atoms with van der Waals surface area (Å²) in [6, 6.07) is 0. The molecule has 1 unspecified atom stereocenters. The lowest BCUT2D eigenvalue weighted by Gasteiger charge is -2.37. The monoisotopic (exact) mass is 255 g/mol. The summed E-state index contributed by atoms with van der Waals surface area (Å²) in [5.74, 6) is -0.445. The SMILES string of the molecule is CC1(C)CC(NCCN=[N+]=[N-])(C(N)=O)C(C)(C)O1. The molecule has 1 aliphatic rings. The van der Waals surface area contributed by atoms with Crippen molar-refractivity contribution in [1.82, 2.24) is 5.32 Å². The van der Waals surface area contributed by atoms with E-state index in [4.69, 9.17) is 16.0 Å². The Kier molecular flexibility index (Phi) is 3.90. The fourth-order valence-electron chi connectivity index (χ4n) is 2.78. The maximum atomic E-state index is 11.9. The number of azide groups is 1. The molecule has 1 saturated heterocycles. The third kappa shape index (κ3) is 2.58. The molecule has 1 heterocycles. The summed E-state index contributed by atoms with van der Waals surface area (Å²) in [7, 11) is 0. The molecule has 0 bridgehead atoms. The van der Waals surface area contributed by atoms with Crippen LogP contribution in [0.5, 0.6) is 0 Å². The molecule has 0 radical (unpaired) electrons. The summed E-state index contributed by atoms with van der Waals surface area (Å²) in [6.07, 6.45) is 0.485. The number of amides is 1. The fourth-order valence-corrected chi connectivity index (χ4v) is 2.78. The van der Waals surface area contributed by atoms with Gasteiger partial charge in [0, 0.05) is 24.4 Å². The van der Waals surface area contributed by atoms with Crippen molar-refractivity contribution in [3.63, 3.8) is 0 Å². The van der Waals surface area contributed by atoms with Gasteiger partial charge in [-0.2, -0.15) is 0 Å². The Morgan fingerprint density at radius 1 is 1.50 bits per heavy atom. The number of nitrogens with one attached hydrogen (secondary N) is 1. The number of carbonyl (C=O) groups excluding carboxylic acids is 1. The summed E-state index contributed by atoms with van der Waals surface area (Å²) in [5, 5.41) is 6.54. The van der Waals surface area contributed by atoms with Crippen LogP contribution in [0.4, 0.5) is 0 Å². The molecule has 102 valence electrons. The van der Waals surface area contributed by atoms with Gasteiger partial charge < -0.3 is 15.8 Å². The topological polar surface area (TPSA) is 113 Å².